The Morgan fingerprint density at radius 2 is 1.86 bits per heavy atom. The van der Waals surface area contributed by atoms with Gasteiger partial charge in [0.2, 0.25) is 0 Å². The molecule has 1 N–H and O–H groups in total. The topological polar surface area (TPSA) is 79.7 Å². The molecule has 1 atom stereocenters. The zero-order valence-corrected chi connectivity index (χ0v) is 20.1. The molecule has 0 fully saturated rings. The molecule has 7 nitrogen and oxygen atoms in total. The number of hydrogen-bond donors (Lipinski definition) is 1. The number of H-pyrrole nitrogens is 1. The molecule has 0 unspecified atom stereocenters. The van der Waals surface area contributed by atoms with Gasteiger partial charge in [-0.25, -0.2) is 9.07 Å². The van der Waals surface area contributed by atoms with Crippen LogP contribution >= 0.6 is 0 Å². The van der Waals surface area contributed by atoms with Gasteiger partial charge in [0.15, 0.2) is 5.82 Å². The van der Waals surface area contributed by atoms with E-state index >= 15 is 0 Å². The van der Waals surface area contributed by atoms with Crippen molar-refractivity contribution in [1.82, 2.24) is 25.2 Å². The molecule has 1 aliphatic rings. The summed E-state index contributed by atoms with van der Waals surface area (Å²) in [6.45, 7) is 5.15. The number of tetrazole rings is 1. The Hall–Kier alpha value is -4.33. The summed E-state index contributed by atoms with van der Waals surface area (Å²) in [6.07, 6.45) is 0.871. The van der Waals surface area contributed by atoms with E-state index in [-0.39, 0.29) is 11.4 Å². The molecule has 3 aromatic carbocycles. The number of para-hydroxylation sites is 1. The normalized spacial score (nSPS) is 13.8. The Balaban J connectivity index is 1.53. The predicted octanol–water partition coefficient (Wildman–Crippen LogP) is 4.47. The summed E-state index contributed by atoms with van der Waals surface area (Å²) in [5.74, 6) is 0.264. The SMILES string of the molecule is Cc1ccc2cc([C@@H](c3nnnn3Cc3ccc(F)cc3)N3CCc4ccccc43)c(=O)[nH]c2c1C. The molecule has 0 saturated carbocycles. The second-order valence-electron chi connectivity index (χ2n) is 9.32. The molecule has 8 heteroatoms. The summed E-state index contributed by atoms with van der Waals surface area (Å²) in [6, 6.07) is 20.1. The zero-order valence-electron chi connectivity index (χ0n) is 20.1. The summed E-state index contributed by atoms with van der Waals surface area (Å²) in [4.78, 5) is 18.9. The van der Waals surface area contributed by atoms with Crippen molar-refractivity contribution in [2.75, 3.05) is 11.4 Å². The van der Waals surface area contributed by atoms with E-state index in [1.54, 1.807) is 16.8 Å². The summed E-state index contributed by atoms with van der Waals surface area (Å²) < 4.78 is 15.2. The molecule has 0 aliphatic carbocycles. The van der Waals surface area contributed by atoms with Gasteiger partial charge in [0.1, 0.15) is 11.9 Å². The van der Waals surface area contributed by atoms with E-state index < -0.39 is 6.04 Å². The number of rotatable bonds is 5. The molecule has 0 spiro atoms. The summed E-state index contributed by atoms with van der Waals surface area (Å²) in [7, 11) is 0. The van der Waals surface area contributed by atoms with E-state index in [0.717, 1.165) is 46.2 Å². The summed E-state index contributed by atoms with van der Waals surface area (Å²) >= 11 is 0. The minimum absolute atomic E-state index is 0.165. The lowest BCUT2D eigenvalue weighted by atomic mass is 10.00. The number of halogens is 1. The van der Waals surface area contributed by atoms with Crippen molar-refractivity contribution in [3.8, 4) is 0 Å². The van der Waals surface area contributed by atoms with Gasteiger partial charge in [-0.3, -0.25) is 4.79 Å². The van der Waals surface area contributed by atoms with Gasteiger partial charge in [-0.05, 0) is 82.6 Å². The fourth-order valence-electron chi connectivity index (χ4n) is 5.11. The van der Waals surface area contributed by atoms with Gasteiger partial charge < -0.3 is 9.88 Å². The monoisotopic (exact) mass is 480 g/mol. The molecule has 0 bridgehead atoms. The Labute approximate surface area is 207 Å². The lowest BCUT2D eigenvalue weighted by molar-refractivity contribution is 0.576. The second kappa shape index (κ2) is 8.71. The average molecular weight is 481 g/mol. The molecule has 0 saturated heterocycles. The molecule has 5 aromatic rings. The molecular formula is C28H25FN6O. The van der Waals surface area contributed by atoms with Crippen LogP contribution in [0.15, 0.2) is 71.5 Å². The van der Waals surface area contributed by atoms with Gasteiger partial charge in [0, 0.05) is 17.8 Å². The standard InChI is InChI=1S/C28H25FN6O/c1-17-7-10-21-15-23(28(36)30-25(21)18(17)2)26(34-14-13-20-5-3-4-6-24(20)34)27-31-32-33-35(27)16-19-8-11-22(29)12-9-19/h3-12,15,26H,13-14,16H2,1-2H3,(H,30,36)/t26-/m0/s1. The number of pyridine rings is 1. The van der Waals surface area contributed by atoms with Gasteiger partial charge in [-0.15, -0.1) is 5.10 Å². The van der Waals surface area contributed by atoms with E-state index in [4.69, 9.17) is 0 Å². The van der Waals surface area contributed by atoms with Gasteiger partial charge in [-0.2, -0.15) is 0 Å². The molecular weight excluding hydrogens is 455 g/mol. The molecule has 6 rings (SSSR count). The van der Waals surface area contributed by atoms with Crippen LogP contribution in [0.3, 0.4) is 0 Å². The minimum Gasteiger partial charge on any atom is -0.357 e. The van der Waals surface area contributed by atoms with Crippen LogP contribution in [0.4, 0.5) is 10.1 Å². The molecule has 2 aromatic heterocycles. The van der Waals surface area contributed by atoms with Crippen LogP contribution in [-0.4, -0.2) is 31.7 Å². The van der Waals surface area contributed by atoms with Crippen LogP contribution in [0.1, 0.15) is 39.7 Å². The zero-order chi connectivity index (χ0) is 24.8. The summed E-state index contributed by atoms with van der Waals surface area (Å²) in [5, 5.41) is 13.6. The van der Waals surface area contributed by atoms with Crippen molar-refractivity contribution in [2.24, 2.45) is 0 Å². The maximum atomic E-state index is 13.6. The number of nitrogens with zero attached hydrogens (tertiary/aromatic N) is 5. The van der Waals surface area contributed by atoms with Crippen LogP contribution in [0.25, 0.3) is 10.9 Å². The van der Waals surface area contributed by atoms with Crippen molar-refractivity contribution < 1.29 is 4.39 Å². The van der Waals surface area contributed by atoms with E-state index in [1.165, 1.54) is 17.7 Å². The Morgan fingerprint density at radius 1 is 1.06 bits per heavy atom. The molecule has 0 amide bonds. The fraction of sp³-hybridized carbons (Fsp3) is 0.214. The van der Waals surface area contributed by atoms with Gasteiger partial charge in [-0.1, -0.05) is 42.5 Å². The number of hydrogen-bond acceptors (Lipinski definition) is 5. The number of aromatic amines is 1. The molecule has 180 valence electrons. The molecule has 0 radical (unpaired) electrons. The third kappa shape index (κ3) is 3.75. The van der Waals surface area contributed by atoms with Crippen molar-refractivity contribution in [3.63, 3.8) is 0 Å². The first-order chi connectivity index (χ1) is 17.5. The number of aryl methyl sites for hydroxylation is 2. The van der Waals surface area contributed by atoms with Crippen molar-refractivity contribution in [2.45, 2.75) is 32.9 Å². The molecule has 1 aliphatic heterocycles. The number of benzene rings is 3. The van der Waals surface area contributed by atoms with Crippen molar-refractivity contribution >= 4 is 16.6 Å². The van der Waals surface area contributed by atoms with Gasteiger partial charge in [0.25, 0.3) is 5.56 Å². The van der Waals surface area contributed by atoms with Crippen LogP contribution in [0, 0.1) is 19.7 Å². The number of fused-ring (bicyclic) bond motifs is 2. The van der Waals surface area contributed by atoms with Gasteiger partial charge in [0.05, 0.1) is 12.1 Å². The smallest absolute Gasteiger partial charge is 0.254 e. The number of anilines is 1. The molecule has 36 heavy (non-hydrogen) atoms. The fourth-order valence-corrected chi connectivity index (χ4v) is 5.11. The third-order valence-electron chi connectivity index (χ3n) is 7.16. The first kappa shape index (κ1) is 22.2. The maximum Gasteiger partial charge on any atom is 0.254 e. The summed E-state index contributed by atoms with van der Waals surface area (Å²) in [5.41, 5.74) is 6.60. The Morgan fingerprint density at radius 3 is 2.69 bits per heavy atom. The highest BCUT2D eigenvalue weighted by atomic mass is 19.1. The maximum absolute atomic E-state index is 13.6. The number of aromatic nitrogens is 5. The molecule has 3 heterocycles. The highest BCUT2D eigenvalue weighted by Crippen LogP contribution is 2.37. The van der Waals surface area contributed by atoms with Crippen LogP contribution in [0.2, 0.25) is 0 Å². The Kier molecular flexibility index (Phi) is 5.36. The third-order valence-corrected chi connectivity index (χ3v) is 7.16. The van der Waals surface area contributed by atoms with E-state index in [2.05, 4.69) is 43.6 Å². The highest BCUT2D eigenvalue weighted by Gasteiger charge is 2.34. The van der Waals surface area contributed by atoms with Crippen LogP contribution < -0.4 is 10.5 Å². The predicted molar refractivity (Wildman–Crippen MR) is 137 cm³/mol. The Bertz CT molecular complexity index is 1640. The van der Waals surface area contributed by atoms with Crippen LogP contribution in [0.5, 0.6) is 0 Å². The largest absolute Gasteiger partial charge is 0.357 e. The lowest BCUT2D eigenvalue weighted by Crippen LogP contribution is -2.34. The average Bonchev–Trinajstić information content (AvgIpc) is 3.52. The van der Waals surface area contributed by atoms with Crippen molar-refractivity contribution in [1.29, 1.82) is 0 Å². The van der Waals surface area contributed by atoms with Crippen molar-refractivity contribution in [3.05, 3.63) is 117 Å². The highest BCUT2D eigenvalue weighted by molar-refractivity contribution is 5.83. The first-order valence-electron chi connectivity index (χ1n) is 12.0. The van der Waals surface area contributed by atoms with Crippen LogP contribution in [-0.2, 0) is 13.0 Å². The van der Waals surface area contributed by atoms with E-state index in [9.17, 15) is 9.18 Å². The van der Waals surface area contributed by atoms with E-state index in [1.807, 2.05) is 38.1 Å². The van der Waals surface area contributed by atoms with E-state index in [0.29, 0.717) is 17.9 Å². The van der Waals surface area contributed by atoms with Gasteiger partial charge >= 0.3 is 0 Å². The second-order valence-corrected chi connectivity index (χ2v) is 9.32. The minimum atomic E-state index is -0.501. The number of nitrogens with one attached hydrogen (secondary N) is 1. The first-order valence-corrected chi connectivity index (χ1v) is 12.0. The lowest BCUT2D eigenvalue weighted by Gasteiger charge is -2.29. The quantitative estimate of drug-likeness (QED) is 0.402.